The van der Waals surface area contributed by atoms with Crippen LogP contribution in [-0.2, 0) is 6.42 Å². The van der Waals surface area contributed by atoms with Gasteiger partial charge in [0, 0.05) is 4.83 Å². The van der Waals surface area contributed by atoms with Crippen LogP contribution >= 0.6 is 15.9 Å². The zero-order chi connectivity index (χ0) is 14.8. The van der Waals surface area contributed by atoms with Gasteiger partial charge in [0.15, 0.2) is 0 Å². The molecule has 0 radical (unpaired) electrons. The summed E-state index contributed by atoms with van der Waals surface area (Å²) in [7, 11) is 0. The molecule has 0 aromatic heterocycles. The van der Waals surface area contributed by atoms with Crippen LogP contribution in [0.25, 0.3) is 0 Å². The molecule has 1 aliphatic carbocycles. The molecule has 0 saturated heterocycles. The number of halogens is 2. The van der Waals surface area contributed by atoms with Gasteiger partial charge in [-0.05, 0) is 61.0 Å². The van der Waals surface area contributed by atoms with Crippen molar-refractivity contribution >= 4 is 15.9 Å². The van der Waals surface area contributed by atoms with Gasteiger partial charge in [-0.2, -0.15) is 0 Å². The normalized spacial score (nSPS) is 25.4. The van der Waals surface area contributed by atoms with Crippen LogP contribution < -0.4 is 0 Å². The van der Waals surface area contributed by atoms with E-state index >= 15 is 0 Å². The Labute approximate surface area is 131 Å². The first-order valence-electron chi connectivity index (χ1n) is 7.75. The van der Waals surface area contributed by atoms with Gasteiger partial charge in [0.05, 0.1) is 0 Å². The van der Waals surface area contributed by atoms with E-state index in [9.17, 15) is 4.39 Å². The Balaban J connectivity index is 1.89. The molecule has 20 heavy (non-hydrogen) atoms. The molecule has 2 rings (SSSR count). The fourth-order valence-corrected chi connectivity index (χ4v) is 4.27. The Morgan fingerprint density at radius 3 is 2.30 bits per heavy atom. The fraction of sp³-hybridized carbons (Fsp3) is 0.667. The maximum atomic E-state index is 13.7. The van der Waals surface area contributed by atoms with Crippen LogP contribution in [0.4, 0.5) is 4.39 Å². The number of hydrogen-bond acceptors (Lipinski definition) is 0. The summed E-state index contributed by atoms with van der Waals surface area (Å²) in [6, 6.07) is 7.15. The highest BCUT2D eigenvalue weighted by Gasteiger charge is 2.32. The highest BCUT2D eigenvalue weighted by molar-refractivity contribution is 9.09. The lowest BCUT2D eigenvalue weighted by Gasteiger charge is -2.38. The maximum Gasteiger partial charge on any atom is 0.126 e. The number of rotatable bonds is 3. The van der Waals surface area contributed by atoms with Crippen molar-refractivity contribution in [2.24, 2.45) is 17.3 Å². The lowest BCUT2D eigenvalue weighted by Crippen LogP contribution is -2.29. The zero-order valence-electron chi connectivity index (χ0n) is 12.8. The summed E-state index contributed by atoms with van der Waals surface area (Å²) in [6.07, 6.45) is 5.97. The molecule has 1 aromatic rings. The minimum absolute atomic E-state index is 0.0691. The van der Waals surface area contributed by atoms with E-state index in [1.165, 1.54) is 25.7 Å². The molecule has 1 atom stereocenters. The average Bonchev–Trinajstić information content (AvgIpc) is 2.40. The monoisotopic (exact) mass is 340 g/mol. The quantitative estimate of drug-likeness (QED) is 0.593. The molecule has 0 heterocycles. The van der Waals surface area contributed by atoms with Crippen LogP contribution in [0.15, 0.2) is 24.3 Å². The van der Waals surface area contributed by atoms with Crippen LogP contribution in [0.1, 0.15) is 52.0 Å². The highest BCUT2D eigenvalue weighted by atomic mass is 79.9. The molecule has 112 valence electrons. The van der Waals surface area contributed by atoms with Crippen LogP contribution in [0.2, 0.25) is 0 Å². The summed E-state index contributed by atoms with van der Waals surface area (Å²) in [5.74, 6) is 1.46. The van der Waals surface area contributed by atoms with Crippen LogP contribution in [0, 0.1) is 23.1 Å². The first kappa shape index (κ1) is 16.0. The standard InChI is InChI=1S/C18H26BrF/c1-18(2,3)15-10-8-13(9-11-15)16(19)12-14-6-4-5-7-17(14)20/h4-7,13,15-16H,8-12H2,1-3H3. The molecule has 1 unspecified atom stereocenters. The van der Waals surface area contributed by atoms with Crippen molar-refractivity contribution in [1.29, 1.82) is 0 Å². The van der Waals surface area contributed by atoms with Crippen LogP contribution in [0.3, 0.4) is 0 Å². The molecule has 0 aliphatic heterocycles. The number of benzene rings is 1. The van der Waals surface area contributed by atoms with Crippen molar-refractivity contribution < 1.29 is 4.39 Å². The first-order chi connectivity index (χ1) is 9.38. The van der Waals surface area contributed by atoms with Gasteiger partial charge < -0.3 is 0 Å². The van der Waals surface area contributed by atoms with Gasteiger partial charge in [-0.3, -0.25) is 0 Å². The molecule has 2 heteroatoms. The smallest absolute Gasteiger partial charge is 0.126 e. The van der Waals surface area contributed by atoms with Gasteiger partial charge in [0.25, 0.3) is 0 Å². The molecule has 0 N–H and O–H groups in total. The molecular formula is C18H26BrF. The molecular weight excluding hydrogens is 315 g/mol. The summed E-state index contributed by atoms with van der Waals surface area (Å²) in [6.45, 7) is 7.05. The molecule has 1 fully saturated rings. The molecule has 0 bridgehead atoms. The third-order valence-corrected chi connectivity index (χ3v) is 5.95. The van der Waals surface area contributed by atoms with E-state index in [0.717, 1.165) is 17.9 Å². The van der Waals surface area contributed by atoms with E-state index in [2.05, 4.69) is 36.7 Å². The summed E-state index contributed by atoms with van der Waals surface area (Å²) >= 11 is 3.81. The Hall–Kier alpha value is -0.370. The van der Waals surface area contributed by atoms with Crippen LogP contribution in [0.5, 0.6) is 0 Å². The predicted molar refractivity (Wildman–Crippen MR) is 87.7 cm³/mol. The van der Waals surface area contributed by atoms with Gasteiger partial charge in [0.2, 0.25) is 0 Å². The third kappa shape index (κ3) is 4.07. The van der Waals surface area contributed by atoms with Gasteiger partial charge in [-0.15, -0.1) is 0 Å². The number of alkyl halides is 1. The summed E-state index contributed by atoms with van der Waals surface area (Å²) in [5.41, 5.74) is 1.27. The third-order valence-electron chi connectivity index (χ3n) is 4.88. The lowest BCUT2D eigenvalue weighted by atomic mass is 9.69. The topological polar surface area (TPSA) is 0 Å². The van der Waals surface area contributed by atoms with Crippen molar-refractivity contribution in [2.45, 2.75) is 57.7 Å². The zero-order valence-corrected chi connectivity index (χ0v) is 14.4. The van der Waals surface area contributed by atoms with E-state index in [1.54, 1.807) is 12.1 Å². The minimum atomic E-state index is -0.0691. The second-order valence-electron chi connectivity index (χ2n) is 7.29. The molecule has 1 saturated carbocycles. The fourth-order valence-electron chi connectivity index (χ4n) is 3.39. The largest absolute Gasteiger partial charge is 0.207 e. The highest BCUT2D eigenvalue weighted by Crippen LogP contribution is 2.42. The Morgan fingerprint density at radius 1 is 1.15 bits per heavy atom. The van der Waals surface area contributed by atoms with Gasteiger partial charge in [-0.1, -0.05) is 54.9 Å². The molecule has 1 aliphatic rings. The summed E-state index contributed by atoms with van der Waals surface area (Å²) in [5, 5.41) is 0. The van der Waals surface area contributed by atoms with Crippen LogP contribution in [-0.4, -0.2) is 4.83 Å². The molecule has 0 nitrogen and oxygen atoms in total. The van der Waals surface area contributed by atoms with E-state index in [-0.39, 0.29) is 5.82 Å². The molecule has 0 spiro atoms. The summed E-state index contributed by atoms with van der Waals surface area (Å²) in [4.78, 5) is 0.403. The first-order valence-corrected chi connectivity index (χ1v) is 8.67. The Kier molecular flexibility index (Phi) is 5.28. The van der Waals surface area contributed by atoms with Crippen molar-refractivity contribution in [3.8, 4) is 0 Å². The van der Waals surface area contributed by atoms with E-state index in [0.29, 0.717) is 16.2 Å². The van der Waals surface area contributed by atoms with Gasteiger partial charge in [-0.25, -0.2) is 4.39 Å². The minimum Gasteiger partial charge on any atom is -0.207 e. The Bertz CT molecular complexity index is 427. The van der Waals surface area contributed by atoms with Crippen molar-refractivity contribution in [1.82, 2.24) is 0 Å². The molecule has 0 amide bonds. The van der Waals surface area contributed by atoms with E-state index in [4.69, 9.17) is 0 Å². The van der Waals surface area contributed by atoms with Crippen molar-refractivity contribution in [2.75, 3.05) is 0 Å². The Morgan fingerprint density at radius 2 is 1.75 bits per heavy atom. The predicted octanol–water partition coefficient (Wildman–Crippen LogP) is 5.98. The average molecular weight is 341 g/mol. The number of hydrogen-bond donors (Lipinski definition) is 0. The second kappa shape index (κ2) is 6.60. The van der Waals surface area contributed by atoms with Gasteiger partial charge in [0.1, 0.15) is 5.82 Å². The van der Waals surface area contributed by atoms with Crippen molar-refractivity contribution in [3.05, 3.63) is 35.6 Å². The van der Waals surface area contributed by atoms with E-state index in [1.807, 2.05) is 12.1 Å². The van der Waals surface area contributed by atoms with Gasteiger partial charge >= 0.3 is 0 Å². The summed E-state index contributed by atoms with van der Waals surface area (Å²) < 4.78 is 13.7. The maximum absolute atomic E-state index is 13.7. The second-order valence-corrected chi connectivity index (χ2v) is 8.47. The van der Waals surface area contributed by atoms with E-state index < -0.39 is 0 Å². The van der Waals surface area contributed by atoms with Crippen molar-refractivity contribution in [3.63, 3.8) is 0 Å². The lowest BCUT2D eigenvalue weighted by molar-refractivity contribution is 0.149. The SMILES string of the molecule is CC(C)(C)C1CCC(C(Br)Cc2ccccc2F)CC1. The molecule has 1 aromatic carbocycles.